The molecule has 1 aliphatic heterocycles. The summed E-state index contributed by atoms with van der Waals surface area (Å²) in [6.07, 6.45) is 2.75. The van der Waals surface area contributed by atoms with Crippen LogP contribution in [-0.2, 0) is 4.79 Å². The van der Waals surface area contributed by atoms with E-state index in [-0.39, 0.29) is 0 Å². The van der Waals surface area contributed by atoms with Gasteiger partial charge >= 0.3 is 0 Å². The Kier molecular flexibility index (Phi) is 2.63. The molecule has 0 atom stereocenters. The molecular weight excluding hydrogens is 169 g/mol. The summed E-state index contributed by atoms with van der Waals surface area (Å²) in [5.74, 6) is 0.723. The van der Waals surface area contributed by atoms with Crippen molar-refractivity contribution in [1.82, 2.24) is 4.90 Å². The number of hydrogen-bond donors (Lipinski definition) is 0. The Morgan fingerprint density at radius 3 is 2.38 bits per heavy atom. The number of rotatable bonds is 3. The number of ketones is 1. The first kappa shape index (κ1) is 9.13. The minimum atomic E-state index is -0.632. The SMILES string of the molecule is O=C(CN1CCC(F)CC1)C1CC1. The zero-order valence-corrected chi connectivity index (χ0v) is 7.84. The van der Waals surface area contributed by atoms with Gasteiger partial charge in [0.2, 0.25) is 0 Å². The zero-order valence-electron chi connectivity index (χ0n) is 7.84. The molecule has 0 aromatic carbocycles. The number of Topliss-reactive ketones (excluding diaryl/α,β-unsaturated/α-hetero) is 1. The number of piperidine rings is 1. The van der Waals surface area contributed by atoms with Crippen molar-refractivity contribution in [2.75, 3.05) is 19.6 Å². The molecular formula is C10H16FNO. The zero-order chi connectivity index (χ0) is 9.26. The molecule has 1 saturated carbocycles. The molecule has 0 bridgehead atoms. The van der Waals surface area contributed by atoms with E-state index in [1.165, 1.54) is 0 Å². The lowest BCUT2D eigenvalue weighted by molar-refractivity contribution is -0.121. The lowest BCUT2D eigenvalue weighted by Crippen LogP contribution is -2.38. The third kappa shape index (κ3) is 2.50. The van der Waals surface area contributed by atoms with Crippen LogP contribution in [0.25, 0.3) is 0 Å². The second-order valence-electron chi connectivity index (χ2n) is 4.19. The molecule has 2 aliphatic rings. The Balaban J connectivity index is 1.72. The molecule has 0 aromatic rings. The maximum Gasteiger partial charge on any atom is 0.149 e. The fourth-order valence-corrected chi connectivity index (χ4v) is 1.81. The van der Waals surface area contributed by atoms with E-state index >= 15 is 0 Å². The monoisotopic (exact) mass is 185 g/mol. The molecule has 1 heterocycles. The summed E-state index contributed by atoms with van der Waals surface area (Å²) in [7, 11) is 0. The van der Waals surface area contributed by atoms with Gasteiger partial charge in [-0.2, -0.15) is 0 Å². The van der Waals surface area contributed by atoms with Crippen molar-refractivity contribution in [1.29, 1.82) is 0 Å². The van der Waals surface area contributed by atoms with Crippen LogP contribution in [0.5, 0.6) is 0 Å². The minimum Gasteiger partial charge on any atom is -0.298 e. The smallest absolute Gasteiger partial charge is 0.149 e. The van der Waals surface area contributed by atoms with Crippen LogP contribution in [0.15, 0.2) is 0 Å². The highest BCUT2D eigenvalue weighted by Gasteiger charge is 2.31. The highest BCUT2D eigenvalue weighted by molar-refractivity contribution is 5.84. The number of hydrogen-bond acceptors (Lipinski definition) is 2. The van der Waals surface area contributed by atoms with Gasteiger partial charge in [-0.1, -0.05) is 0 Å². The van der Waals surface area contributed by atoms with Crippen molar-refractivity contribution in [3.8, 4) is 0 Å². The second-order valence-corrected chi connectivity index (χ2v) is 4.19. The van der Waals surface area contributed by atoms with Gasteiger partial charge < -0.3 is 0 Å². The molecule has 13 heavy (non-hydrogen) atoms. The fraction of sp³-hybridized carbons (Fsp3) is 0.900. The van der Waals surface area contributed by atoms with Crippen molar-refractivity contribution in [3.63, 3.8) is 0 Å². The molecule has 0 aromatic heterocycles. The molecule has 0 N–H and O–H groups in total. The molecule has 3 heteroatoms. The van der Waals surface area contributed by atoms with Gasteiger partial charge in [0.25, 0.3) is 0 Å². The van der Waals surface area contributed by atoms with Gasteiger partial charge in [0.15, 0.2) is 0 Å². The summed E-state index contributed by atoms with van der Waals surface area (Å²) >= 11 is 0. The van der Waals surface area contributed by atoms with Crippen LogP contribution in [0, 0.1) is 5.92 Å². The van der Waals surface area contributed by atoms with Gasteiger partial charge in [0.05, 0.1) is 6.54 Å². The summed E-state index contributed by atoms with van der Waals surface area (Å²) in [5.41, 5.74) is 0. The lowest BCUT2D eigenvalue weighted by atomic mass is 10.1. The van der Waals surface area contributed by atoms with Gasteiger partial charge in [-0.05, 0) is 25.7 Å². The van der Waals surface area contributed by atoms with Gasteiger partial charge in [-0.25, -0.2) is 4.39 Å². The standard InChI is InChI=1S/C10H16FNO/c11-9-3-5-12(6-4-9)7-10(13)8-1-2-8/h8-9H,1-7H2. The summed E-state index contributed by atoms with van der Waals surface area (Å²) in [6, 6.07) is 0. The van der Waals surface area contributed by atoms with E-state index in [1.54, 1.807) is 0 Å². The van der Waals surface area contributed by atoms with Gasteiger partial charge in [0, 0.05) is 19.0 Å². The Hall–Kier alpha value is -0.440. The van der Waals surface area contributed by atoms with E-state index in [0.717, 1.165) is 25.9 Å². The quantitative estimate of drug-likeness (QED) is 0.662. The van der Waals surface area contributed by atoms with E-state index < -0.39 is 6.17 Å². The summed E-state index contributed by atoms with van der Waals surface area (Å²) in [6.45, 7) is 2.09. The third-order valence-corrected chi connectivity index (χ3v) is 2.93. The van der Waals surface area contributed by atoms with E-state index in [4.69, 9.17) is 0 Å². The largest absolute Gasteiger partial charge is 0.298 e. The molecule has 0 amide bonds. The first-order chi connectivity index (χ1) is 6.25. The average Bonchev–Trinajstić information content (AvgIpc) is 2.91. The number of carbonyl (C=O) groups excluding carboxylic acids is 1. The molecule has 2 fully saturated rings. The molecule has 2 rings (SSSR count). The van der Waals surface area contributed by atoms with Gasteiger partial charge in [-0.15, -0.1) is 0 Å². The van der Waals surface area contributed by atoms with E-state index in [9.17, 15) is 9.18 Å². The fourth-order valence-electron chi connectivity index (χ4n) is 1.81. The summed E-state index contributed by atoms with van der Waals surface area (Å²) in [5, 5.41) is 0. The Labute approximate surface area is 78.1 Å². The van der Waals surface area contributed by atoms with Crippen LogP contribution >= 0.6 is 0 Å². The Bertz CT molecular complexity index is 195. The summed E-state index contributed by atoms with van der Waals surface area (Å²) in [4.78, 5) is 13.5. The van der Waals surface area contributed by atoms with Crippen LogP contribution in [-0.4, -0.2) is 36.5 Å². The van der Waals surface area contributed by atoms with Crippen molar-refractivity contribution in [2.45, 2.75) is 31.9 Å². The molecule has 2 nitrogen and oxygen atoms in total. The van der Waals surface area contributed by atoms with Crippen molar-refractivity contribution in [3.05, 3.63) is 0 Å². The van der Waals surface area contributed by atoms with E-state index in [1.807, 2.05) is 0 Å². The Morgan fingerprint density at radius 2 is 1.85 bits per heavy atom. The maximum atomic E-state index is 12.8. The van der Waals surface area contributed by atoms with Gasteiger partial charge in [0.1, 0.15) is 12.0 Å². The second kappa shape index (κ2) is 3.74. The predicted molar refractivity (Wildman–Crippen MR) is 48.3 cm³/mol. The number of alkyl halides is 1. The highest BCUT2D eigenvalue weighted by Crippen LogP contribution is 2.30. The number of likely N-dealkylation sites (tertiary alicyclic amines) is 1. The van der Waals surface area contributed by atoms with E-state index in [2.05, 4.69) is 4.90 Å². The topological polar surface area (TPSA) is 20.3 Å². The van der Waals surface area contributed by atoms with Gasteiger partial charge in [-0.3, -0.25) is 9.69 Å². The number of nitrogens with zero attached hydrogens (tertiary/aromatic N) is 1. The molecule has 0 radical (unpaired) electrons. The van der Waals surface area contributed by atoms with Crippen molar-refractivity contribution in [2.24, 2.45) is 5.92 Å². The van der Waals surface area contributed by atoms with Crippen molar-refractivity contribution < 1.29 is 9.18 Å². The first-order valence-electron chi connectivity index (χ1n) is 5.15. The maximum absolute atomic E-state index is 12.8. The Morgan fingerprint density at radius 1 is 1.23 bits per heavy atom. The van der Waals surface area contributed by atoms with Crippen molar-refractivity contribution >= 4 is 5.78 Å². The molecule has 74 valence electrons. The van der Waals surface area contributed by atoms with Crippen LogP contribution < -0.4 is 0 Å². The first-order valence-corrected chi connectivity index (χ1v) is 5.15. The minimum absolute atomic E-state index is 0.350. The third-order valence-electron chi connectivity index (χ3n) is 2.93. The average molecular weight is 185 g/mol. The normalized spacial score (nSPS) is 26.2. The predicted octanol–water partition coefficient (Wildman–Crippen LogP) is 1.40. The number of halogens is 1. The molecule has 0 spiro atoms. The number of carbonyl (C=O) groups is 1. The van der Waals surface area contributed by atoms with Crippen LogP contribution in [0.1, 0.15) is 25.7 Å². The molecule has 1 saturated heterocycles. The van der Waals surface area contributed by atoms with E-state index in [0.29, 0.717) is 31.1 Å². The van der Waals surface area contributed by atoms with Crippen LogP contribution in [0.2, 0.25) is 0 Å². The molecule has 0 unspecified atom stereocenters. The van der Waals surface area contributed by atoms with Crippen LogP contribution in [0.4, 0.5) is 4.39 Å². The molecule has 1 aliphatic carbocycles. The highest BCUT2D eigenvalue weighted by atomic mass is 19.1. The van der Waals surface area contributed by atoms with Crippen LogP contribution in [0.3, 0.4) is 0 Å². The summed E-state index contributed by atoms with van der Waals surface area (Å²) < 4.78 is 12.8. The lowest BCUT2D eigenvalue weighted by Gasteiger charge is -2.27.